The summed E-state index contributed by atoms with van der Waals surface area (Å²) in [6, 6.07) is 65.2. The van der Waals surface area contributed by atoms with E-state index in [1.807, 2.05) is 0 Å². The monoisotopic (exact) mass is 942 g/mol. The van der Waals surface area contributed by atoms with Crippen molar-refractivity contribution in [2.24, 2.45) is 0 Å². The van der Waals surface area contributed by atoms with Crippen LogP contribution in [0.4, 0.5) is 51.2 Å². The normalized spacial score (nSPS) is 15.4. The molecule has 72 heavy (non-hydrogen) atoms. The fourth-order valence-electron chi connectivity index (χ4n) is 12.6. The zero-order valence-electron chi connectivity index (χ0n) is 45.3. The van der Waals surface area contributed by atoms with Gasteiger partial charge in [-0.1, -0.05) is 193 Å². The Bertz CT molecular complexity index is 3360. The Labute approximate surface area is 431 Å². The lowest BCUT2D eigenvalue weighted by Gasteiger charge is -2.46. The summed E-state index contributed by atoms with van der Waals surface area (Å²) in [6.07, 6.45) is 1.10. The van der Waals surface area contributed by atoms with Gasteiger partial charge >= 0.3 is 0 Å². The van der Waals surface area contributed by atoms with E-state index in [4.69, 9.17) is 0 Å². The van der Waals surface area contributed by atoms with Crippen LogP contribution < -0.4 is 31.1 Å². The highest BCUT2D eigenvalue weighted by Crippen LogP contribution is 2.55. The molecule has 0 saturated carbocycles. The Morgan fingerprint density at radius 3 is 1.39 bits per heavy atom. The standard InChI is InChI=1S/C68H72BN3/c1-44-36-46(64(2,3)4)30-33-57(44)71-60-42-54-53(67(11,12)43-68(54,13)14)41-56(60)69-55-38-48(66(8,9)10)32-35-59(55)72(58-34-31-47(65(5,6)7)37-52(58)45-24-18-15-19-25-45)62-40-51(39-61(71)63(62)69)70(49-26-20-16-21-27-49)50-28-22-17-23-29-50/h15-42H,43H2,1-14H3. The molecule has 3 nitrogen and oxygen atoms in total. The SMILES string of the molecule is Cc1cc(C(C)(C)C)ccc1N1c2cc3c(cc2B2c4cc(C(C)(C)C)ccc4N(c4ccc(C(C)(C)C)cc4-c4ccccc4)c4cc(N(c5ccccc5)c5ccccc5)cc1c42)C(C)(C)CC3(C)C. The third-order valence-corrected chi connectivity index (χ3v) is 16.2. The highest BCUT2D eigenvalue weighted by atomic mass is 15.2. The van der Waals surface area contributed by atoms with Gasteiger partial charge < -0.3 is 14.7 Å². The number of fused-ring (bicyclic) bond motifs is 5. The number of hydrogen-bond donors (Lipinski definition) is 0. The molecular formula is C68H72BN3. The van der Waals surface area contributed by atoms with Crippen LogP contribution in [0.3, 0.4) is 0 Å². The summed E-state index contributed by atoms with van der Waals surface area (Å²) in [5.74, 6) is 0. The molecule has 0 fully saturated rings. The molecule has 0 unspecified atom stereocenters. The first-order valence-electron chi connectivity index (χ1n) is 26.3. The number of rotatable bonds is 6. The van der Waals surface area contributed by atoms with Gasteiger partial charge in [-0.15, -0.1) is 0 Å². The largest absolute Gasteiger partial charge is 0.311 e. The van der Waals surface area contributed by atoms with Gasteiger partial charge in [0.25, 0.3) is 6.71 Å². The molecule has 0 bridgehead atoms. The average molecular weight is 942 g/mol. The van der Waals surface area contributed by atoms with Gasteiger partial charge in [0.15, 0.2) is 0 Å². The van der Waals surface area contributed by atoms with Crippen molar-refractivity contribution in [1.82, 2.24) is 0 Å². The Hall–Kier alpha value is -6.78. The minimum absolute atomic E-state index is 0.00308. The third kappa shape index (κ3) is 7.88. The van der Waals surface area contributed by atoms with Crippen molar-refractivity contribution in [2.75, 3.05) is 14.7 Å². The molecule has 0 radical (unpaired) electrons. The molecule has 0 saturated heterocycles. The van der Waals surface area contributed by atoms with E-state index in [1.165, 1.54) is 95.0 Å². The number of benzene rings is 8. The van der Waals surface area contributed by atoms with E-state index in [2.05, 4.69) is 281 Å². The fourth-order valence-corrected chi connectivity index (χ4v) is 12.6. The predicted molar refractivity (Wildman–Crippen MR) is 312 cm³/mol. The number of para-hydroxylation sites is 2. The van der Waals surface area contributed by atoms with E-state index < -0.39 is 0 Å². The van der Waals surface area contributed by atoms with Crippen molar-refractivity contribution in [2.45, 2.75) is 130 Å². The maximum absolute atomic E-state index is 2.67. The Balaban J connectivity index is 1.33. The lowest BCUT2D eigenvalue weighted by molar-refractivity contribution is 0.403. The van der Waals surface area contributed by atoms with Crippen molar-refractivity contribution >= 4 is 74.3 Å². The first-order valence-corrected chi connectivity index (χ1v) is 26.3. The number of aryl methyl sites for hydroxylation is 1. The summed E-state index contributed by atoms with van der Waals surface area (Å²) in [6.45, 7) is 33.2. The molecule has 1 aliphatic carbocycles. The number of nitrogens with zero attached hydrogens (tertiary/aromatic N) is 3. The van der Waals surface area contributed by atoms with Gasteiger partial charge in [-0.3, -0.25) is 0 Å². The molecule has 8 aromatic carbocycles. The van der Waals surface area contributed by atoms with Gasteiger partial charge in [-0.25, -0.2) is 0 Å². The first-order chi connectivity index (χ1) is 34.0. The smallest absolute Gasteiger partial charge is 0.252 e. The minimum Gasteiger partial charge on any atom is -0.311 e. The number of hydrogen-bond acceptors (Lipinski definition) is 3. The van der Waals surface area contributed by atoms with Crippen molar-refractivity contribution in [3.63, 3.8) is 0 Å². The highest BCUT2D eigenvalue weighted by Gasteiger charge is 2.49. The molecule has 4 heteroatoms. The Morgan fingerprint density at radius 1 is 0.417 bits per heavy atom. The molecule has 0 aromatic heterocycles. The zero-order chi connectivity index (χ0) is 50.9. The van der Waals surface area contributed by atoms with E-state index in [0.29, 0.717) is 0 Å². The second kappa shape index (κ2) is 16.6. The lowest BCUT2D eigenvalue weighted by atomic mass is 9.33. The van der Waals surface area contributed by atoms with Crippen molar-refractivity contribution in [3.05, 3.63) is 203 Å². The summed E-state index contributed by atoms with van der Waals surface area (Å²) in [7, 11) is 0. The van der Waals surface area contributed by atoms with E-state index in [0.717, 1.165) is 23.5 Å². The maximum Gasteiger partial charge on any atom is 0.252 e. The van der Waals surface area contributed by atoms with E-state index in [9.17, 15) is 0 Å². The molecule has 2 heterocycles. The molecule has 0 atom stereocenters. The minimum atomic E-state index is -0.0678. The van der Waals surface area contributed by atoms with Gasteiger partial charge in [-0.2, -0.15) is 0 Å². The van der Waals surface area contributed by atoms with Crippen LogP contribution in [0.5, 0.6) is 0 Å². The van der Waals surface area contributed by atoms with Crippen LogP contribution in [0.15, 0.2) is 170 Å². The lowest BCUT2D eigenvalue weighted by Crippen LogP contribution is -2.62. The summed E-state index contributed by atoms with van der Waals surface area (Å²) >= 11 is 0. The van der Waals surface area contributed by atoms with Crippen molar-refractivity contribution in [3.8, 4) is 11.1 Å². The van der Waals surface area contributed by atoms with Crippen LogP contribution in [-0.4, -0.2) is 6.71 Å². The molecular weight excluding hydrogens is 870 g/mol. The van der Waals surface area contributed by atoms with Gasteiger partial charge in [0, 0.05) is 45.4 Å². The topological polar surface area (TPSA) is 9.72 Å². The van der Waals surface area contributed by atoms with Crippen LogP contribution >= 0.6 is 0 Å². The van der Waals surface area contributed by atoms with Crippen molar-refractivity contribution < 1.29 is 0 Å². The second-order valence-electron chi connectivity index (χ2n) is 25.5. The summed E-state index contributed by atoms with van der Waals surface area (Å²) in [5.41, 5.74) is 25.2. The van der Waals surface area contributed by atoms with Crippen LogP contribution in [-0.2, 0) is 27.1 Å². The van der Waals surface area contributed by atoms with E-state index >= 15 is 0 Å². The van der Waals surface area contributed by atoms with Crippen LogP contribution in [0.1, 0.15) is 130 Å². The van der Waals surface area contributed by atoms with Gasteiger partial charge in [0.05, 0.1) is 11.4 Å². The van der Waals surface area contributed by atoms with Gasteiger partial charge in [0.2, 0.25) is 0 Å². The third-order valence-electron chi connectivity index (χ3n) is 16.2. The van der Waals surface area contributed by atoms with E-state index in [1.54, 1.807) is 0 Å². The molecule has 8 aromatic rings. The van der Waals surface area contributed by atoms with Gasteiger partial charge in [0.1, 0.15) is 0 Å². The van der Waals surface area contributed by atoms with Crippen molar-refractivity contribution in [1.29, 1.82) is 0 Å². The van der Waals surface area contributed by atoms with Gasteiger partial charge in [-0.05, 0) is 162 Å². The summed E-state index contributed by atoms with van der Waals surface area (Å²) in [5, 5.41) is 0. The highest BCUT2D eigenvalue weighted by molar-refractivity contribution is 7.00. The molecule has 2 aliphatic heterocycles. The van der Waals surface area contributed by atoms with Crippen LogP contribution in [0.2, 0.25) is 0 Å². The quantitative estimate of drug-likeness (QED) is 0.154. The van der Waals surface area contributed by atoms with Crippen LogP contribution in [0.25, 0.3) is 11.1 Å². The van der Waals surface area contributed by atoms with Crippen LogP contribution in [0, 0.1) is 6.92 Å². The molecule has 0 spiro atoms. The Kier molecular flexibility index (Phi) is 11.0. The first kappa shape index (κ1) is 47.5. The summed E-state index contributed by atoms with van der Waals surface area (Å²) in [4.78, 5) is 7.77. The fraction of sp³-hybridized carbons (Fsp3) is 0.294. The molecule has 11 rings (SSSR count). The molecule has 362 valence electrons. The second-order valence-corrected chi connectivity index (χ2v) is 25.5. The average Bonchev–Trinajstić information content (AvgIpc) is 3.52. The summed E-state index contributed by atoms with van der Waals surface area (Å²) < 4.78 is 0. The molecule has 3 aliphatic rings. The Morgan fingerprint density at radius 2 is 0.861 bits per heavy atom. The van der Waals surface area contributed by atoms with E-state index in [-0.39, 0.29) is 33.8 Å². The molecule has 0 amide bonds. The zero-order valence-corrected chi connectivity index (χ0v) is 45.3. The number of anilines is 9. The maximum atomic E-state index is 2.67. The molecule has 0 N–H and O–H groups in total. The predicted octanol–water partition coefficient (Wildman–Crippen LogP) is 17.1.